The third-order valence-corrected chi connectivity index (χ3v) is 4.01. The van der Waals surface area contributed by atoms with Crippen LogP contribution in [0.15, 0.2) is 48.5 Å². The van der Waals surface area contributed by atoms with Crippen LogP contribution in [0.2, 0.25) is 0 Å². The van der Waals surface area contributed by atoms with Gasteiger partial charge < -0.3 is 10.6 Å². The highest BCUT2D eigenvalue weighted by atomic mass is 19.1. The minimum Gasteiger partial charge on any atom is -0.348 e. The molecule has 6 heteroatoms. The molecule has 1 fully saturated rings. The van der Waals surface area contributed by atoms with Crippen LogP contribution in [0.4, 0.5) is 14.5 Å². The number of halogens is 2. The number of nitrogens with one attached hydrogen (secondary N) is 2. The zero-order valence-corrected chi connectivity index (χ0v) is 14.0. The smallest absolute Gasteiger partial charge is 0.244 e. The maximum Gasteiger partial charge on any atom is 0.244 e. The number of carbonyl (C=O) groups excluding carboxylic acids is 2. The minimum atomic E-state index is -0.729. The number of carbonyl (C=O) groups is 2. The molecular formula is C20H18F2N2O2. The largest absolute Gasteiger partial charge is 0.348 e. The molecule has 0 atom stereocenters. The third-order valence-electron chi connectivity index (χ3n) is 4.01. The lowest BCUT2D eigenvalue weighted by atomic mass is 10.1. The molecule has 0 heterocycles. The molecule has 4 nitrogen and oxygen atoms in total. The fourth-order valence-electron chi connectivity index (χ4n) is 2.43. The molecule has 26 heavy (non-hydrogen) atoms. The van der Waals surface area contributed by atoms with Crippen LogP contribution in [0, 0.1) is 17.6 Å². The molecule has 1 saturated carbocycles. The molecule has 0 aliphatic heterocycles. The van der Waals surface area contributed by atoms with Gasteiger partial charge in [0.05, 0.1) is 0 Å². The maximum absolute atomic E-state index is 13.5. The van der Waals surface area contributed by atoms with Crippen LogP contribution in [-0.4, -0.2) is 11.8 Å². The van der Waals surface area contributed by atoms with E-state index < -0.39 is 17.5 Å². The van der Waals surface area contributed by atoms with Gasteiger partial charge in [0.15, 0.2) is 0 Å². The van der Waals surface area contributed by atoms with E-state index in [2.05, 4.69) is 10.6 Å². The standard InChI is InChI=1S/C20H18F2N2O2/c21-17-5-2-6-18(22)16(17)9-10-19(25)23-12-13-3-1-4-15(11-13)24-20(26)14-7-8-14/h1-6,9-11,14H,7-8,12H2,(H,23,25)(H,24,26)/b10-9+. The fourth-order valence-corrected chi connectivity index (χ4v) is 2.43. The van der Waals surface area contributed by atoms with E-state index in [1.54, 1.807) is 18.2 Å². The van der Waals surface area contributed by atoms with Gasteiger partial charge in [-0.25, -0.2) is 8.78 Å². The van der Waals surface area contributed by atoms with E-state index in [1.807, 2.05) is 6.07 Å². The third kappa shape index (κ3) is 4.75. The van der Waals surface area contributed by atoms with Crippen LogP contribution in [0.1, 0.15) is 24.0 Å². The fraction of sp³-hybridized carbons (Fsp3) is 0.200. The molecule has 0 bridgehead atoms. The molecule has 0 unspecified atom stereocenters. The molecule has 2 amide bonds. The van der Waals surface area contributed by atoms with Crippen molar-refractivity contribution in [2.45, 2.75) is 19.4 Å². The van der Waals surface area contributed by atoms with Gasteiger partial charge in [-0.2, -0.15) is 0 Å². The molecule has 0 aromatic heterocycles. The van der Waals surface area contributed by atoms with E-state index in [1.165, 1.54) is 6.07 Å². The number of rotatable bonds is 6. The topological polar surface area (TPSA) is 58.2 Å². The van der Waals surface area contributed by atoms with Crippen molar-refractivity contribution in [3.05, 3.63) is 71.3 Å². The molecule has 1 aliphatic carbocycles. The van der Waals surface area contributed by atoms with Gasteiger partial charge in [0.1, 0.15) is 11.6 Å². The van der Waals surface area contributed by atoms with Gasteiger partial charge >= 0.3 is 0 Å². The van der Waals surface area contributed by atoms with Crippen molar-refractivity contribution in [3.8, 4) is 0 Å². The maximum atomic E-state index is 13.5. The highest BCUT2D eigenvalue weighted by Gasteiger charge is 2.29. The average Bonchev–Trinajstić information content (AvgIpc) is 3.45. The van der Waals surface area contributed by atoms with Crippen LogP contribution < -0.4 is 10.6 Å². The summed E-state index contributed by atoms with van der Waals surface area (Å²) < 4.78 is 27.0. The first-order valence-corrected chi connectivity index (χ1v) is 8.32. The number of amides is 2. The highest BCUT2D eigenvalue weighted by Crippen LogP contribution is 2.30. The Morgan fingerprint density at radius 1 is 1.08 bits per heavy atom. The van der Waals surface area contributed by atoms with Gasteiger partial charge in [-0.1, -0.05) is 18.2 Å². The normalized spacial score (nSPS) is 13.6. The Bertz CT molecular complexity index is 840. The second-order valence-corrected chi connectivity index (χ2v) is 6.15. The first kappa shape index (κ1) is 17.8. The molecule has 1 aliphatic rings. The molecule has 3 rings (SSSR count). The Kier molecular flexibility index (Phi) is 5.41. The number of benzene rings is 2. The SMILES string of the molecule is O=C(/C=C/c1c(F)cccc1F)NCc1cccc(NC(=O)C2CC2)c1. The van der Waals surface area contributed by atoms with Gasteiger partial charge in [0.2, 0.25) is 11.8 Å². The van der Waals surface area contributed by atoms with E-state index in [0.29, 0.717) is 5.69 Å². The minimum absolute atomic E-state index is 0.0148. The summed E-state index contributed by atoms with van der Waals surface area (Å²) in [7, 11) is 0. The molecule has 134 valence electrons. The zero-order valence-electron chi connectivity index (χ0n) is 14.0. The monoisotopic (exact) mass is 356 g/mol. The van der Waals surface area contributed by atoms with Crippen LogP contribution >= 0.6 is 0 Å². The first-order chi connectivity index (χ1) is 12.5. The first-order valence-electron chi connectivity index (χ1n) is 8.32. The second-order valence-electron chi connectivity index (χ2n) is 6.15. The lowest BCUT2D eigenvalue weighted by Crippen LogP contribution is -2.20. The summed E-state index contributed by atoms with van der Waals surface area (Å²) >= 11 is 0. The molecule has 0 spiro atoms. The Morgan fingerprint density at radius 3 is 2.46 bits per heavy atom. The number of hydrogen-bond acceptors (Lipinski definition) is 2. The van der Waals surface area contributed by atoms with Crippen molar-refractivity contribution in [2.24, 2.45) is 5.92 Å². The van der Waals surface area contributed by atoms with E-state index in [0.717, 1.165) is 42.7 Å². The molecule has 0 saturated heterocycles. The molecule has 2 N–H and O–H groups in total. The van der Waals surface area contributed by atoms with Gasteiger partial charge in [-0.05, 0) is 48.7 Å². The lowest BCUT2D eigenvalue weighted by Gasteiger charge is -2.07. The van der Waals surface area contributed by atoms with Gasteiger partial charge in [0.25, 0.3) is 0 Å². The summed E-state index contributed by atoms with van der Waals surface area (Å²) in [5, 5.41) is 5.48. The Balaban J connectivity index is 1.55. The lowest BCUT2D eigenvalue weighted by molar-refractivity contribution is -0.117. The van der Waals surface area contributed by atoms with Crippen molar-refractivity contribution in [1.29, 1.82) is 0 Å². The van der Waals surface area contributed by atoms with Crippen LogP contribution in [0.25, 0.3) is 6.08 Å². The molecular weight excluding hydrogens is 338 g/mol. The van der Waals surface area contributed by atoms with Gasteiger partial charge in [-0.15, -0.1) is 0 Å². The predicted molar refractivity (Wildman–Crippen MR) is 95.0 cm³/mol. The van der Waals surface area contributed by atoms with Crippen LogP contribution in [-0.2, 0) is 16.1 Å². The summed E-state index contributed by atoms with van der Waals surface area (Å²) in [5.74, 6) is -1.80. The highest BCUT2D eigenvalue weighted by molar-refractivity contribution is 5.94. The average molecular weight is 356 g/mol. The van der Waals surface area contributed by atoms with Crippen molar-refractivity contribution < 1.29 is 18.4 Å². The van der Waals surface area contributed by atoms with E-state index >= 15 is 0 Å². The molecule has 2 aromatic carbocycles. The summed E-state index contributed by atoms with van der Waals surface area (Å²) in [6.45, 7) is 0.232. The summed E-state index contributed by atoms with van der Waals surface area (Å²) in [5.41, 5.74) is 1.22. The quantitative estimate of drug-likeness (QED) is 0.777. The van der Waals surface area contributed by atoms with Crippen LogP contribution in [0.5, 0.6) is 0 Å². The van der Waals surface area contributed by atoms with Crippen molar-refractivity contribution >= 4 is 23.6 Å². The molecule has 0 radical (unpaired) electrons. The summed E-state index contributed by atoms with van der Waals surface area (Å²) in [6.07, 6.45) is 4.04. The van der Waals surface area contributed by atoms with Crippen LogP contribution in [0.3, 0.4) is 0 Å². The van der Waals surface area contributed by atoms with E-state index in [-0.39, 0.29) is 23.9 Å². The summed E-state index contributed by atoms with van der Waals surface area (Å²) in [6, 6.07) is 10.7. The molecule has 2 aromatic rings. The number of hydrogen-bond donors (Lipinski definition) is 2. The van der Waals surface area contributed by atoms with Crippen molar-refractivity contribution in [2.75, 3.05) is 5.32 Å². The number of anilines is 1. The second kappa shape index (κ2) is 7.91. The Hall–Kier alpha value is -3.02. The summed E-state index contributed by atoms with van der Waals surface area (Å²) in [4.78, 5) is 23.6. The Labute approximate surface area is 149 Å². The van der Waals surface area contributed by atoms with Gasteiger partial charge in [-0.3, -0.25) is 9.59 Å². The zero-order chi connectivity index (χ0) is 18.5. The Morgan fingerprint density at radius 2 is 1.77 bits per heavy atom. The van der Waals surface area contributed by atoms with E-state index in [9.17, 15) is 18.4 Å². The van der Waals surface area contributed by atoms with Crippen molar-refractivity contribution in [3.63, 3.8) is 0 Å². The predicted octanol–water partition coefficient (Wildman–Crippen LogP) is 3.64. The van der Waals surface area contributed by atoms with Gasteiger partial charge in [0, 0.05) is 29.8 Å². The van der Waals surface area contributed by atoms with E-state index in [4.69, 9.17) is 0 Å². The van der Waals surface area contributed by atoms with Crippen molar-refractivity contribution in [1.82, 2.24) is 5.32 Å².